The van der Waals surface area contributed by atoms with Gasteiger partial charge in [0.25, 0.3) is 10.7 Å². The number of rotatable bonds is 7. The lowest BCUT2D eigenvalue weighted by Gasteiger charge is -2.12. The summed E-state index contributed by atoms with van der Waals surface area (Å²) in [7, 11) is 1.92. The summed E-state index contributed by atoms with van der Waals surface area (Å²) in [5, 5.41) is 7.26. The van der Waals surface area contributed by atoms with Crippen LogP contribution in [0.1, 0.15) is 13.3 Å². The summed E-state index contributed by atoms with van der Waals surface area (Å²) in [4.78, 5) is 13.0. The van der Waals surface area contributed by atoms with E-state index in [1.165, 1.54) is 0 Å². The summed E-state index contributed by atoms with van der Waals surface area (Å²) in [6, 6.07) is 7.67. The lowest BCUT2D eigenvalue weighted by molar-refractivity contribution is -0.895. The lowest BCUT2D eigenvalue weighted by atomic mass is 10.2. The minimum atomic E-state index is 0.0200. The molecule has 0 aliphatic heterocycles. The van der Waals surface area contributed by atoms with Crippen LogP contribution in [0.4, 0.5) is 0 Å². The Labute approximate surface area is 148 Å². The summed E-state index contributed by atoms with van der Waals surface area (Å²) in [5.74, 6) is 0.492. The molecule has 1 aromatic heterocycles. The van der Waals surface area contributed by atoms with Crippen LogP contribution in [-0.2, 0) is 11.5 Å². The van der Waals surface area contributed by atoms with E-state index in [-0.39, 0.29) is 5.91 Å². The molecule has 1 amide bonds. The van der Waals surface area contributed by atoms with Crippen molar-refractivity contribution in [3.8, 4) is 11.5 Å². The standard InChI is InChI=1S/C15H19BrN4O2S/c1-3-7-17-13(21)9-19(2)10-20-15(23)22-14(18-20)11-5-4-6-12(16)8-11/h4-6,8H,3,7,9-10H2,1-2H3,(H,17,21)/p+1. The number of benzene rings is 1. The monoisotopic (exact) mass is 399 g/mol. The Morgan fingerprint density at radius 2 is 2.30 bits per heavy atom. The van der Waals surface area contributed by atoms with Crippen LogP contribution in [0.5, 0.6) is 0 Å². The first-order valence-electron chi connectivity index (χ1n) is 7.41. The van der Waals surface area contributed by atoms with Crippen LogP contribution in [-0.4, -0.2) is 35.8 Å². The number of likely N-dealkylation sites (N-methyl/N-ethyl adjacent to an activating group) is 1. The molecule has 2 N–H and O–H groups in total. The molecular formula is C15H20BrN4O2S+. The van der Waals surface area contributed by atoms with E-state index in [0.29, 0.717) is 30.5 Å². The summed E-state index contributed by atoms with van der Waals surface area (Å²) >= 11 is 8.64. The van der Waals surface area contributed by atoms with Crippen molar-refractivity contribution in [3.05, 3.63) is 33.6 Å². The fourth-order valence-corrected chi connectivity index (χ4v) is 2.64. The van der Waals surface area contributed by atoms with Crippen LogP contribution in [0.15, 0.2) is 33.2 Å². The molecule has 0 radical (unpaired) electrons. The van der Waals surface area contributed by atoms with Gasteiger partial charge in [-0.25, -0.2) is 0 Å². The number of nitrogens with one attached hydrogen (secondary N) is 2. The Morgan fingerprint density at radius 1 is 1.52 bits per heavy atom. The molecule has 0 spiro atoms. The van der Waals surface area contributed by atoms with Gasteiger partial charge in [0.15, 0.2) is 13.2 Å². The van der Waals surface area contributed by atoms with Crippen LogP contribution < -0.4 is 10.2 Å². The average molecular weight is 400 g/mol. The highest BCUT2D eigenvalue weighted by Gasteiger charge is 2.14. The van der Waals surface area contributed by atoms with Crippen LogP contribution in [0.25, 0.3) is 11.5 Å². The fraction of sp³-hybridized carbons (Fsp3) is 0.400. The van der Waals surface area contributed by atoms with Crippen molar-refractivity contribution in [2.75, 3.05) is 20.1 Å². The fourth-order valence-electron chi connectivity index (χ4n) is 2.06. The number of halogens is 1. The van der Waals surface area contributed by atoms with E-state index >= 15 is 0 Å². The highest BCUT2D eigenvalue weighted by Crippen LogP contribution is 2.21. The average Bonchev–Trinajstić information content (AvgIpc) is 2.86. The number of aromatic nitrogens is 2. The molecular weight excluding hydrogens is 380 g/mol. The lowest BCUT2D eigenvalue weighted by Crippen LogP contribution is -3.09. The number of carbonyl (C=O) groups excluding carboxylic acids is 1. The zero-order valence-electron chi connectivity index (χ0n) is 13.1. The Morgan fingerprint density at radius 3 is 3.00 bits per heavy atom. The third-order valence-corrected chi connectivity index (χ3v) is 3.92. The van der Waals surface area contributed by atoms with Crippen LogP contribution in [0.3, 0.4) is 0 Å². The Bertz CT molecular complexity index is 728. The van der Waals surface area contributed by atoms with Crippen LogP contribution in [0.2, 0.25) is 0 Å². The van der Waals surface area contributed by atoms with Crippen LogP contribution in [0, 0.1) is 4.84 Å². The largest absolute Gasteiger partial charge is 0.409 e. The molecule has 1 atom stereocenters. The minimum Gasteiger partial charge on any atom is -0.409 e. The second-order valence-electron chi connectivity index (χ2n) is 5.32. The molecule has 1 unspecified atom stereocenters. The van der Waals surface area contributed by atoms with Gasteiger partial charge in [-0.2, -0.15) is 4.68 Å². The smallest absolute Gasteiger partial charge is 0.292 e. The quantitative estimate of drug-likeness (QED) is 0.694. The SMILES string of the molecule is CCCNC(=O)C[NH+](C)Cn1nc(-c2cccc(Br)c2)oc1=S. The van der Waals surface area contributed by atoms with Crippen molar-refractivity contribution in [2.45, 2.75) is 20.0 Å². The van der Waals surface area contributed by atoms with E-state index in [0.717, 1.165) is 21.4 Å². The third-order valence-electron chi connectivity index (χ3n) is 3.13. The summed E-state index contributed by atoms with van der Waals surface area (Å²) in [6.45, 7) is 3.55. The molecule has 8 heteroatoms. The molecule has 124 valence electrons. The first-order valence-corrected chi connectivity index (χ1v) is 8.61. The molecule has 1 heterocycles. The Kier molecular flexibility index (Phi) is 6.49. The molecule has 1 aromatic carbocycles. The number of amides is 1. The molecule has 0 saturated carbocycles. The molecule has 23 heavy (non-hydrogen) atoms. The van der Waals surface area contributed by atoms with Gasteiger partial charge in [0, 0.05) is 16.6 Å². The van der Waals surface area contributed by atoms with Crippen molar-refractivity contribution in [2.24, 2.45) is 0 Å². The molecule has 0 aliphatic rings. The van der Waals surface area contributed by atoms with Crippen LogP contribution >= 0.6 is 28.1 Å². The zero-order valence-corrected chi connectivity index (χ0v) is 15.5. The first kappa shape index (κ1) is 17.8. The Hall–Kier alpha value is -1.51. The molecule has 0 bridgehead atoms. The molecule has 6 nitrogen and oxygen atoms in total. The second-order valence-corrected chi connectivity index (χ2v) is 6.59. The zero-order chi connectivity index (χ0) is 16.8. The van der Waals surface area contributed by atoms with Gasteiger partial charge in [0.1, 0.15) is 0 Å². The van der Waals surface area contributed by atoms with Gasteiger partial charge < -0.3 is 14.6 Å². The summed E-state index contributed by atoms with van der Waals surface area (Å²) < 4.78 is 8.11. The number of hydrogen-bond acceptors (Lipinski definition) is 4. The number of quaternary nitrogens is 1. The normalized spacial score (nSPS) is 12.1. The highest BCUT2D eigenvalue weighted by atomic mass is 79.9. The summed E-state index contributed by atoms with van der Waals surface area (Å²) in [6.07, 6.45) is 0.926. The molecule has 0 saturated heterocycles. The van der Waals surface area contributed by atoms with Crippen molar-refractivity contribution in [3.63, 3.8) is 0 Å². The van der Waals surface area contributed by atoms with Gasteiger partial charge in [-0.1, -0.05) is 28.9 Å². The van der Waals surface area contributed by atoms with E-state index in [1.54, 1.807) is 4.68 Å². The molecule has 2 aromatic rings. The van der Waals surface area contributed by atoms with Crippen molar-refractivity contribution in [1.82, 2.24) is 15.1 Å². The van der Waals surface area contributed by atoms with Crippen molar-refractivity contribution < 1.29 is 14.1 Å². The van der Waals surface area contributed by atoms with E-state index in [2.05, 4.69) is 26.3 Å². The van der Waals surface area contributed by atoms with Gasteiger partial charge in [0.2, 0.25) is 5.89 Å². The van der Waals surface area contributed by atoms with Crippen molar-refractivity contribution >= 4 is 34.1 Å². The van der Waals surface area contributed by atoms with Gasteiger partial charge in [-0.15, -0.1) is 5.10 Å². The second kappa shape index (κ2) is 8.37. The highest BCUT2D eigenvalue weighted by molar-refractivity contribution is 9.10. The minimum absolute atomic E-state index is 0.0200. The number of hydrogen-bond donors (Lipinski definition) is 2. The topological polar surface area (TPSA) is 64.5 Å². The predicted molar refractivity (Wildman–Crippen MR) is 93.5 cm³/mol. The maximum atomic E-state index is 11.7. The van der Waals surface area contributed by atoms with E-state index in [9.17, 15) is 4.79 Å². The van der Waals surface area contributed by atoms with E-state index < -0.39 is 0 Å². The molecule has 0 fully saturated rings. The Balaban J connectivity index is 2.04. The van der Waals surface area contributed by atoms with Gasteiger partial charge in [-0.05, 0) is 36.8 Å². The van der Waals surface area contributed by atoms with Gasteiger partial charge >= 0.3 is 0 Å². The predicted octanol–water partition coefficient (Wildman–Crippen LogP) is 1.63. The molecule has 2 rings (SSSR count). The van der Waals surface area contributed by atoms with E-state index in [1.807, 2.05) is 38.2 Å². The molecule has 0 aliphatic carbocycles. The van der Waals surface area contributed by atoms with E-state index in [4.69, 9.17) is 16.6 Å². The third kappa shape index (κ3) is 5.26. The maximum absolute atomic E-state index is 11.7. The van der Waals surface area contributed by atoms with Gasteiger partial charge in [0.05, 0.1) is 7.05 Å². The van der Waals surface area contributed by atoms with Gasteiger partial charge in [-0.3, -0.25) is 4.79 Å². The first-order chi connectivity index (χ1) is 11.0. The number of carbonyl (C=O) groups is 1. The maximum Gasteiger partial charge on any atom is 0.292 e. The summed E-state index contributed by atoms with van der Waals surface area (Å²) in [5.41, 5.74) is 0.850. The van der Waals surface area contributed by atoms with Crippen molar-refractivity contribution in [1.29, 1.82) is 0 Å². The number of nitrogens with zero attached hydrogens (tertiary/aromatic N) is 2.